The van der Waals surface area contributed by atoms with Crippen LogP contribution in [0.25, 0.3) is 0 Å². The molecule has 0 saturated heterocycles. The van der Waals surface area contributed by atoms with Gasteiger partial charge in [0.05, 0.1) is 17.7 Å². The molecule has 0 aliphatic heterocycles. The second-order valence-electron chi connectivity index (χ2n) is 4.55. The fraction of sp³-hybridized carbons (Fsp3) is 0.125. The van der Waals surface area contributed by atoms with Crippen LogP contribution < -0.4 is 16.4 Å². The third-order valence-electron chi connectivity index (χ3n) is 3.08. The molecular formula is C16H17N3O2. The van der Waals surface area contributed by atoms with Crippen LogP contribution in [0.5, 0.6) is 0 Å². The van der Waals surface area contributed by atoms with Crippen LogP contribution in [0.2, 0.25) is 0 Å². The van der Waals surface area contributed by atoms with Crippen LogP contribution in [0, 0.1) is 0 Å². The molecule has 0 heterocycles. The number of nitrogens with one attached hydrogen (secondary N) is 2. The highest BCUT2D eigenvalue weighted by molar-refractivity contribution is 6.04. The van der Waals surface area contributed by atoms with Gasteiger partial charge in [0.2, 0.25) is 5.91 Å². The number of nitrogen functional groups attached to an aromatic ring is 1. The van der Waals surface area contributed by atoms with Crippen molar-refractivity contribution in [3.8, 4) is 0 Å². The molecule has 5 nitrogen and oxygen atoms in total. The summed E-state index contributed by atoms with van der Waals surface area (Å²) >= 11 is 0. The number of amides is 2. The number of hydrogen-bond acceptors (Lipinski definition) is 3. The van der Waals surface area contributed by atoms with E-state index in [9.17, 15) is 9.59 Å². The van der Waals surface area contributed by atoms with Gasteiger partial charge in [-0.3, -0.25) is 9.59 Å². The number of rotatable bonds is 4. The van der Waals surface area contributed by atoms with Gasteiger partial charge >= 0.3 is 0 Å². The van der Waals surface area contributed by atoms with Crippen LogP contribution in [0.4, 0.5) is 11.4 Å². The van der Waals surface area contributed by atoms with Gasteiger partial charge in [-0.15, -0.1) is 0 Å². The van der Waals surface area contributed by atoms with E-state index in [1.165, 1.54) is 0 Å². The summed E-state index contributed by atoms with van der Waals surface area (Å²) < 4.78 is 0. The maximum Gasteiger partial charge on any atom is 0.253 e. The highest BCUT2D eigenvalue weighted by atomic mass is 16.2. The number of nitrogens with two attached hydrogens (primary N) is 1. The fourth-order valence-corrected chi connectivity index (χ4v) is 1.99. The summed E-state index contributed by atoms with van der Waals surface area (Å²) in [5.41, 5.74) is 8.06. The molecule has 108 valence electrons. The molecule has 0 fully saturated rings. The molecule has 4 N–H and O–H groups in total. The number of carbonyl (C=O) groups excluding carboxylic acids is 2. The summed E-state index contributed by atoms with van der Waals surface area (Å²) in [6.07, 6.45) is 0.161. The molecule has 0 radical (unpaired) electrons. The second kappa shape index (κ2) is 6.56. The van der Waals surface area contributed by atoms with Gasteiger partial charge in [-0.25, -0.2) is 0 Å². The molecule has 21 heavy (non-hydrogen) atoms. The lowest BCUT2D eigenvalue weighted by atomic mass is 10.1. The zero-order chi connectivity index (χ0) is 15.2. The van der Waals surface area contributed by atoms with E-state index in [4.69, 9.17) is 5.73 Å². The maximum absolute atomic E-state index is 12.1. The van der Waals surface area contributed by atoms with Gasteiger partial charge in [-0.1, -0.05) is 30.3 Å². The van der Waals surface area contributed by atoms with Gasteiger partial charge in [0.1, 0.15) is 0 Å². The minimum atomic E-state index is -0.245. The molecular weight excluding hydrogens is 266 g/mol. The predicted molar refractivity (Wildman–Crippen MR) is 83.0 cm³/mol. The van der Waals surface area contributed by atoms with Crippen LogP contribution in [-0.2, 0) is 11.2 Å². The lowest BCUT2D eigenvalue weighted by Crippen LogP contribution is -2.22. The van der Waals surface area contributed by atoms with E-state index in [1.54, 1.807) is 43.4 Å². The summed E-state index contributed by atoms with van der Waals surface area (Å²) in [6, 6.07) is 14.1. The third-order valence-corrected chi connectivity index (χ3v) is 3.08. The first kappa shape index (κ1) is 14.6. The van der Waals surface area contributed by atoms with Crippen molar-refractivity contribution in [2.24, 2.45) is 0 Å². The van der Waals surface area contributed by atoms with Gasteiger partial charge in [0.25, 0.3) is 5.91 Å². The molecule has 0 spiro atoms. The molecule has 0 aliphatic rings. The van der Waals surface area contributed by atoms with E-state index in [0.717, 1.165) is 5.56 Å². The largest absolute Gasteiger partial charge is 0.398 e. The topological polar surface area (TPSA) is 84.2 Å². The Kier molecular flexibility index (Phi) is 4.56. The Morgan fingerprint density at radius 1 is 1.05 bits per heavy atom. The van der Waals surface area contributed by atoms with E-state index in [0.29, 0.717) is 16.9 Å². The third kappa shape index (κ3) is 3.60. The van der Waals surface area contributed by atoms with Crippen LogP contribution in [0.15, 0.2) is 48.5 Å². The lowest BCUT2D eigenvalue weighted by molar-refractivity contribution is -0.115. The van der Waals surface area contributed by atoms with Crippen molar-refractivity contribution in [3.63, 3.8) is 0 Å². The number of para-hydroxylation sites is 2. The summed E-state index contributed by atoms with van der Waals surface area (Å²) in [5.74, 6) is -0.464. The van der Waals surface area contributed by atoms with Gasteiger partial charge in [-0.2, -0.15) is 0 Å². The average molecular weight is 283 g/mol. The molecule has 2 aromatic carbocycles. The Morgan fingerprint density at radius 2 is 1.71 bits per heavy atom. The molecule has 2 rings (SSSR count). The van der Waals surface area contributed by atoms with Crippen molar-refractivity contribution in [1.82, 2.24) is 5.32 Å². The molecule has 0 aliphatic carbocycles. The smallest absolute Gasteiger partial charge is 0.253 e. The Labute approximate surface area is 123 Å². The molecule has 0 aromatic heterocycles. The Morgan fingerprint density at radius 3 is 2.43 bits per heavy atom. The summed E-state index contributed by atoms with van der Waals surface area (Å²) in [7, 11) is 1.55. The van der Waals surface area contributed by atoms with Gasteiger partial charge < -0.3 is 16.4 Å². The van der Waals surface area contributed by atoms with Crippen molar-refractivity contribution in [3.05, 3.63) is 59.7 Å². The number of anilines is 2. The molecule has 0 atom stereocenters. The van der Waals surface area contributed by atoms with E-state index in [-0.39, 0.29) is 18.2 Å². The van der Waals surface area contributed by atoms with E-state index in [1.807, 2.05) is 12.1 Å². The molecule has 0 saturated carbocycles. The summed E-state index contributed by atoms with van der Waals surface area (Å²) in [6.45, 7) is 0. The minimum absolute atomic E-state index is 0.161. The Bertz CT molecular complexity index is 668. The van der Waals surface area contributed by atoms with Crippen molar-refractivity contribution in [2.45, 2.75) is 6.42 Å². The molecule has 0 bridgehead atoms. The summed E-state index contributed by atoms with van der Waals surface area (Å²) in [5, 5.41) is 5.29. The van der Waals surface area contributed by atoms with Crippen LogP contribution in [-0.4, -0.2) is 18.9 Å². The lowest BCUT2D eigenvalue weighted by Gasteiger charge is -2.10. The maximum atomic E-state index is 12.1. The number of carbonyl (C=O) groups is 2. The monoisotopic (exact) mass is 283 g/mol. The highest BCUT2D eigenvalue weighted by Gasteiger charge is 2.12. The Balaban J connectivity index is 2.14. The quantitative estimate of drug-likeness (QED) is 0.748. The van der Waals surface area contributed by atoms with Crippen LogP contribution >= 0.6 is 0 Å². The van der Waals surface area contributed by atoms with E-state index >= 15 is 0 Å². The normalized spacial score (nSPS) is 9.95. The molecule has 2 aromatic rings. The van der Waals surface area contributed by atoms with Crippen molar-refractivity contribution < 1.29 is 9.59 Å². The second-order valence-corrected chi connectivity index (χ2v) is 4.55. The van der Waals surface area contributed by atoms with Crippen molar-refractivity contribution in [2.75, 3.05) is 18.1 Å². The first-order valence-corrected chi connectivity index (χ1v) is 6.56. The van der Waals surface area contributed by atoms with Crippen LogP contribution in [0.3, 0.4) is 0 Å². The SMILES string of the molecule is CNC(=O)c1ccccc1NC(=O)Cc1ccccc1N. The number of benzene rings is 2. The molecule has 0 unspecified atom stereocenters. The van der Waals surface area contributed by atoms with Crippen molar-refractivity contribution >= 4 is 23.2 Å². The molecule has 5 heteroatoms. The van der Waals surface area contributed by atoms with Gasteiger partial charge in [0, 0.05) is 12.7 Å². The van der Waals surface area contributed by atoms with Crippen LogP contribution in [0.1, 0.15) is 15.9 Å². The minimum Gasteiger partial charge on any atom is -0.398 e. The zero-order valence-corrected chi connectivity index (χ0v) is 11.7. The zero-order valence-electron chi connectivity index (χ0n) is 11.7. The predicted octanol–water partition coefficient (Wildman–Crippen LogP) is 1.81. The van der Waals surface area contributed by atoms with Gasteiger partial charge in [-0.05, 0) is 23.8 Å². The van der Waals surface area contributed by atoms with E-state index < -0.39 is 0 Å². The fourth-order valence-electron chi connectivity index (χ4n) is 1.99. The Hall–Kier alpha value is -2.82. The molecule has 2 amide bonds. The average Bonchev–Trinajstić information content (AvgIpc) is 2.49. The van der Waals surface area contributed by atoms with Gasteiger partial charge in [0.15, 0.2) is 0 Å². The number of hydrogen-bond donors (Lipinski definition) is 3. The first-order valence-electron chi connectivity index (χ1n) is 6.56. The van der Waals surface area contributed by atoms with Crippen molar-refractivity contribution in [1.29, 1.82) is 0 Å². The first-order chi connectivity index (χ1) is 10.1. The summed E-state index contributed by atoms with van der Waals surface area (Å²) in [4.78, 5) is 23.8. The highest BCUT2D eigenvalue weighted by Crippen LogP contribution is 2.16. The van der Waals surface area contributed by atoms with E-state index in [2.05, 4.69) is 10.6 Å². The standard InChI is InChI=1S/C16H17N3O2/c1-18-16(21)12-7-3-5-9-14(12)19-15(20)10-11-6-2-4-8-13(11)17/h2-9H,10,17H2,1H3,(H,18,21)(H,19,20).